The zero-order chi connectivity index (χ0) is 14.3. The first-order valence-electron chi connectivity index (χ1n) is 6.16. The van der Waals surface area contributed by atoms with Crippen LogP contribution in [0.1, 0.15) is 35.7 Å². The predicted octanol–water partition coefficient (Wildman–Crippen LogP) is 1.75. The Morgan fingerprint density at radius 1 is 1.42 bits per heavy atom. The van der Waals surface area contributed by atoms with Crippen LogP contribution >= 0.6 is 15.9 Å². The minimum absolute atomic E-state index is 0.0493. The molecule has 104 valence electrons. The summed E-state index contributed by atoms with van der Waals surface area (Å²) in [6.45, 7) is 3.17. The Labute approximate surface area is 121 Å². The molecule has 0 bridgehead atoms. The van der Waals surface area contributed by atoms with Crippen molar-refractivity contribution in [2.45, 2.75) is 26.3 Å². The normalized spacial score (nSPS) is 10.0. The number of amides is 1. The fourth-order valence-electron chi connectivity index (χ4n) is 1.47. The molecular weight excluding hydrogens is 308 g/mol. The average Bonchev–Trinajstić information content (AvgIpc) is 2.37. The van der Waals surface area contributed by atoms with E-state index in [2.05, 4.69) is 33.2 Å². The van der Waals surface area contributed by atoms with Crippen LogP contribution in [0, 0.1) is 0 Å². The Morgan fingerprint density at radius 2 is 2.16 bits per heavy atom. The van der Waals surface area contributed by atoms with Crippen molar-refractivity contribution in [1.82, 2.24) is 5.32 Å². The van der Waals surface area contributed by atoms with Gasteiger partial charge in [-0.1, -0.05) is 35.3 Å². The van der Waals surface area contributed by atoms with Gasteiger partial charge >= 0.3 is 0 Å². The van der Waals surface area contributed by atoms with Gasteiger partial charge in [-0.05, 0) is 24.1 Å². The maximum absolute atomic E-state index is 11.8. The molecule has 0 aromatic heterocycles. The molecule has 0 saturated carbocycles. The first kappa shape index (κ1) is 15.5. The Balaban J connectivity index is 2.70. The molecule has 0 aliphatic carbocycles. The minimum Gasteiger partial charge on any atom is -0.370 e. The number of guanidine groups is 1. The molecule has 0 fully saturated rings. The third-order valence-corrected chi connectivity index (χ3v) is 3.30. The highest BCUT2D eigenvalue weighted by atomic mass is 79.9. The van der Waals surface area contributed by atoms with Crippen LogP contribution in [0.2, 0.25) is 0 Å². The van der Waals surface area contributed by atoms with Gasteiger partial charge in [-0.25, -0.2) is 4.99 Å². The molecule has 1 aromatic carbocycles. The van der Waals surface area contributed by atoms with E-state index in [-0.39, 0.29) is 11.9 Å². The van der Waals surface area contributed by atoms with Crippen molar-refractivity contribution in [3.8, 4) is 0 Å². The molecule has 1 aromatic rings. The summed E-state index contributed by atoms with van der Waals surface area (Å²) in [5.74, 6) is -0.0178. The van der Waals surface area contributed by atoms with Crippen molar-refractivity contribution < 1.29 is 4.79 Å². The van der Waals surface area contributed by atoms with Gasteiger partial charge in [-0.3, -0.25) is 4.79 Å². The second-order valence-electron chi connectivity index (χ2n) is 4.16. The van der Waals surface area contributed by atoms with Gasteiger partial charge in [0.2, 0.25) is 0 Å². The topological polar surface area (TPSA) is 93.5 Å². The minimum atomic E-state index is -0.0671. The molecule has 0 atom stereocenters. The zero-order valence-corrected chi connectivity index (χ0v) is 12.5. The molecule has 0 saturated heterocycles. The Kier molecular flexibility index (Phi) is 6.35. The molecule has 0 aliphatic rings. The van der Waals surface area contributed by atoms with Crippen LogP contribution in [0.4, 0.5) is 0 Å². The highest BCUT2D eigenvalue weighted by Gasteiger charge is 2.07. The lowest BCUT2D eigenvalue weighted by molar-refractivity contribution is 0.0953. The van der Waals surface area contributed by atoms with Crippen LogP contribution < -0.4 is 16.8 Å². The number of nitrogens with zero attached hydrogens (tertiary/aromatic N) is 1. The van der Waals surface area contributed by atoms with E-state index in [9.17, 15) is 4.79 Å². The average molecular weight is 327 g/mol. The number of benzene rings is 1. The van der Waals surface area contributed by atoms with Gasteiger partial charge < -0.3 is 16.8 Å². The summed E-state index contributed by atoms with van der Waals surface area (Å²) >= 11 is 3.42. The molecule has 1 amide bonds. The molecule has 5 nitrogen and oxygen atoms in total. The summed E-state index contributed by atoms with van der Waals surface area (Å²) in [5.41, 5.74) is 12.1. The number of rotatable bonds is 6. The van der Waals surface area contributed by atoms with E-state index < -0.39 is 0 Å². The van der Waals surface area contributed by atoms with Crippen LogP contribution in [-0.4, -0.2) is 18.4 Å². The summed E-state index contributed by atoms with van der Waals surface area (Å²) < 4.78 is 0.820. The maximum Gasteiger partial charge on any atom is 0.251 e. The van der Waals surface area contributed by atoms with Crippen LogP contribution in [0.25, 0.3) is 0 Å². The highest BCUT2D eigenvalue weighted by molar-refractivity contribution is 9.10. The lowest BCUT2D eigenvalue weighted by atomic mass is 10.1. The van der Waals surface area contributed by atoms with E-state index in [1.165, 1.54) is 0 Å². The molecule has 0 aliphatic heterocycles. The molecule has 1 rings (SSSR count). The Morgan fingerprint density at radius 3 is 2.74 bits per heavy atom. The van der Waals surface area contributed by atoms with Gasteiger partial charge in [-0.2, -0.15) is 0 Å². The smallest absolute Gasteiger partial charge is 0.251 e. The van der Waals surface area contributed by atoms with Gasteiger partial charge in [0, 0.05) is 16.6 Å². The highest BCUT2D eigenvalue weighted by Crippen LogP contribution is 2.19. The lowest BCUT2D eigenvalue weighted by Gasteiger charge is -2.07. The first-order valence-corrected chi connectivity index (χ1v) is 6.96. The van der Waals surface area contributed by atoms with Gasteiger partial charge in [0.15, 0.2) is 5.96 Å². The number of hydrogen-bond acceptors (Lipinski definition) is 2. The molecule has 6 heteroatoms. The molecular formula is C13H19BrN4O. The summed E-state index contributed by atoms with van der Waals surface area (Å²) in [4.78, 5) is 15.8. The van der Waals surface area contributed by atoms with Gasteiger partial charge in [0.25, 0.3) is 5.91 Å². The third kappa shape index (κ3) is 5.30. The van der Waals surface area contributed by atoms with E-state index in [1.807, 2.05) is 6.07 Å². The zero-order valence-electron chi connectivity index (χ0n) is 10.9. The van der Waals surface area contributed by atoms with E-state index in [0.717, 1.165) is 22.9 Å². The van der Waals surface area contributed by atoms with Crippen LogP contribution in [0.5, 0.6) is 0 Å². The number of aliphatic imine (C=N–C) groups is 1. The fourth-order valence-corrected chi connectivity index (χ4v) is 1.98. The maximum atomic E-state index is 11.8. The number of carbonyl (C=O) groups excluding carboxylic acids is 1. The lowest BCUT2D eigenvalue weighted by Crippen LogP contribution is -2.24. The molecule has 0 spiro atoms. The van der Waals surface area contributed by atoms with Crippen molar-refractivity contribution in [1.29, 1.82) is 0 Å². The van der Waals surface area contributed by atoms with E-state index in [1.54, 1.807) is 12.1 Å². The van der Waals surface area contributed by atoms with E-state index in [0.29, 0.717) is 18.7 Å². The Hall–Kier alpha value is -1.56. The molecule has 0 radical (unpaired) electrons. The predicted molar refractivity (Wildman–Crippen MR) is 80.9 cm³/mol. The summed E-state index contributed by atoms with van der Waals surface area (Å²) in [7, 11) is 0. The number of unbranched alkanes of at least 4 members (excludes halogenated alkanes) is 1. The second kappa shape index (κ2) is 7.78. The quantitative estimate of drug-likeness (QED) is 0.422. The number of nitrogens with two attached hydrogens (primary N) is 2. The largest absolute Gasteiger partial charge is 0.370 e. The summed E-state index contributed by atoms with van der Waals surface area (Å²) in [6, 6.07) is 5.38. The monoisotopic (exact) mass is 326 g/mol. The van der Waals surface area contributed by atoms with Crippen LogP contribution in [0.15, 0.2) is 27.7 Å². The second-order valence-corrected chi connectivity index (χ2v) is 5.01. The number of hydrogen-bond donors (Lipinski definition) is 3. The van der Waals surface area contributed by atoms with Gasteiger partial charge in [0.1, 0.15) is 0 Å². The summed E-state index contributed by atoms with van der Waals surface area (Å²) in [6.07, 6.45) is 2.04. The van der Waals surface area contributed by atoms with Crippen molar-refractivity contribution >= 4 is 27.8 Å². The molecule has 19 heavy (non-hydrogen) atoms. The Bertz CT molecular complexity index is 470. The fraction of sp³-hybridized carbons (Fsp3) is 0.385. The van der Waals surface area contributed by atoms with Gasteiger partial charge in [-0.15, -0.1) is 0 Å². The molecule has 0 unspecified atom stereocenters. The van der Waals surface area contributed by atoms with E-state index in [4.69, 9.17) is 11.5 Å². The number of carbonyl (C=O) groups is 1. The van der Waals surface area contributed by atoms with Crippen molar-refractivity contribution in [2.24, 2.45) is 16.5 Å². The first-order chi connectivity index (χ1) is 9.04. The molecule has 5 N–H and O–H groups in total. The van der Waals surface area contributed by atoms with Crippen LogP contribution in [0.3, 0.4) is 0 Å². The van der Waals surface area contributed by atoms with Crippen molar-refractivity contribution in [2.75, 3.05) is 6.54 Å². The summed E-state index contributed by atoms with van der Waals surface area (Å²) in [5, 5.41) is 2.87. The number of halogens is 1. The standard InChI is InChI=1S/C13H19BrN4O/c1-2-3-6-17-12(19)9-4-5-10(11(14)7-9)8-18-13(15)16/h4-5,7H,2-3,6,8H2,1H3,(H,17,19)(H4,15,16,18). The van der Waals surface area contributed by atoms with Gasteiger partial charge in [0.05, 0.1) is 6.54 Å². The van der Waals surface area contributed by atoms with Crippen molar-refractivity contribution in [3.05, 3.63) is 33.8 Å². The van der Waals surface area contributed by atoms with Crippen molar-refractivity contribution in [3.63, 3.8) is 0 Å². The third-order valence-electron chi connectivity index (χ3n) is 2.56. The number of nitrogens with one attached hydrogen (secondary N) is 1. The van der Waals surface area contributed by atoms with Crippen LogP contribution in [-0.2, 0) is 6.54 Å². The molecule has 0 heterocycles. The SMILES string of the molecule is CCCCNC(=O)c1ccc(CN=C(N)N)c(Br)c1. The van der Waals surface area contributed by atoms with E-state index >= 15 is 0 Å².